The van der Waals surface area contributed by atoms with Crippen molar-refractivity contribution in [1.82, 2.24) is 10.2 Å². The molecule has 0 aliphatic carbocycles. The molecule has 1 heterocycles. The van der Waals surface area contributed by atoms with E-state index in [0.717, 1.165) is 24.0 Å². The zero-order valence-electron chi connectivity index (χ0n) is 12.9. The lowest BCUT2D eigenvalue weighted by atomic mass is 10.0. The lowest BCUT2D eigenvalue weighted by molar-refractivity contribution is 0.0122. The second-order valence-corrected chi connectivity index (χ2v) is 7.28. The Labute approximate surface area is 135 Å². The first-order valence-electron chi connectivity index (χ1n) is 7.30. The molecule has 0 radical (unpaired) electrons. The van der Waals surface area contributed by atoms with E-state index < -0.39 is 5.60 Å². The molecule has 1 aliphatic rings. The smallest absolute Gasteiger partial charge is 0.410 e. The molecule has 1 aliphatic heterocycles. The molecule has 1 N–H and O–H groups in total. The van der Waals surface area contributed by atoms with Crippen molar-refractivity contribution in [1.29, 1.82) is 0 Å². The second-order valence-electron chi connectivity index (χ2n) is 6.36. The molecule has 1 aromatic carbocycles. The number of rotatable bonds is 2. The fourth-order valence-corrected chi connectivity index (χ4v) is 2.66. The third-order valence-electron chi connectivity index (χ3n) is 3.36. The van der Waals surface area contributed by atoms with Crippen LogP contribution in [0.4, 0.5) is 4.79 Å². The highest BCUT2D eigenvalue weighted by atomic mass is 79.9. The van der Waals surface area contributed by atoms with Crippen molar-refractivity contribution >= 4 is 22.0 Å². The Morgan fingerprint density at radius 3 is 2.67 bits per heavy atom. The van der Waals surface area contributed by atoms with E-state index in [1.165, 1.54) is 5.56 Å². The van der Waals surface area contributed by atoms with Crippen LogP contribution in [0.5, 0.6) is 0 Å². The molecule has 1 aromatic rings. The highest BCUT2D eigenvalue weighted by Crippen LogP contribution is 2.17. The highest BCUT2D eigenvalue weighted by Gasteiger charge is 2.30. The monoisotopic (exact) mass is 354 g/mol. The highest BCUT2D eigenvalue weighted by molar-refractivity contribution is 9.10. The van der Waals surface area contributed by atoms with Gasteiger partial charge in [-0.25, -0.2) is 4.79 Å². The van der Waals surface area contributed by atoms with Crippen LogP contribution in [0.15, 0.2) is 28.7 Å². The fraction of sp³-hybridized carbons (Fsp3) is 0.562. The number of hydrogen-bond donors (Lipinski definition) is 1. The number of piperazine rings is 1. The van der Waals surface area contributed by atoms with Gasteiger partial charge in [0.05, 0.1) is 6.04 Å². The van der Waals surface area contributed by atoms with Crippen molar-refractivity contribution in [3.8, 4) is 0 Å². The summed E-state index contributed by atoms with van der Waals surface area (Å²) in [5.74, 6) is 0. The maximum atomic E-state index is 12.3. The van der Waals surface area contributed by atoms with Crippen LogP contribution in [0.2, 0.25) is 0 Å². The number of ether oxygens (including phenoxy) is 1. The van der Waals surface area contributed by atoms with Gasteiger partial charge in [0.25, 0.3) is 0 Å². The predicted molar refractivity (Wildman–Crippen MR) is 87.4 cm³/mol. The van der Waals surface area contributed by atoms with Gasteiger partial charge in [0.1, 0.15) is 5.60 Å². The van der Waals surface area contributed by atoms with Crippen molar-refractivity contribution in [2.24, 2.45) is 0 Å². The minimum Gasteiger partial charge on any atom is -0.444 e. The lowest BCUT2D eigenvalue weighted by Crippen LogP contribution is -2.55. The standard InChI is InChI=1S/C16H23BrN2O2/c1-16(2,3)21-15(20)19-9-8-18-11-14(19)10-12-4-6-13(17)7-5-12/h4-7,14,18H,8-11H2,1-3H3. The quantitative estimate of drug-likeness (QED) is 0.886. The molecule has 0 bridgehead atoms. The maximum absolute atomic E-state index is 12.3. The normalized spacial score (nSPS) is 19.4. The zero-order chi connectivity index (χ0) is 15.5. The number of benzene rings is 1. The summed E-state index contributed by atoms with van der Waals surface area (Å²) in [6, 6.07) is 8.37. The Hall–Kier alpha value is -1.07. The molecule has 2 rings (SSSR count). The molecule has 1 atom stereocenters. The second kappa shape index (κ2) is 6.79. The Morgan fingerprint density at radius 2 is 2.05 bits per heavy atom. The van der Waals surface area contributed by atoms with E-state index in [9.17, 15) is 4.79 Å². The van der Waals surface area contributed by atoms with Crippen LogP contribution in [0, 0.1) is 0 Å². The number of hydrogen-bond acceptors (Lipinski definition) is 3. The molecular formula is C16H23BrN2O2. The van der Waals surface area contributed by atoms with E-state index >= 15 is 0 Å². The number of nitrogens with one attached hydrogen (secondary N) is 1. The average Bonchev–Trinajstić information content (AvgIpc) is 2.40. The summed E-state index contributed by atoms with van der Waals surface area (Å²) in [4.78, 5) is 14.2. The number of carbonyl (C=O) groups excluding carboxylic acids is 1. The summed E-state index contributed by atoms with van der Waals surface area (Å²) in [7, 11) is 0. The predicted octanol–water partition coefficient (Wildman–Crippen LogP) is 3.20. The van der Waals surface area contributed by atoms with Crippen LogP contribution >= 0.6 is 15.9 Å². The van der Waals surface area contributed by atoms with E-state index in [4.69, 9.17) is 4.74 Å². The van der Waals surface area contributed by atoms with Gasteiger partial charge in [-0.2, -0.15) is 0 Å². The summed E-state index contributed by atoms with van der Waals surface area (Å²) in [6.07, 6.45) is 0.616. The molecule has 1 fully saturated rings. The van der Waals surface area contributed by atoms with Crippen LogP contribution in [0.1, 0.15) is 26.3 Å². The average molecular weight is 355 g/mol. The van der Waals surface area contributed by atoms with Gasteiger partial charge < -0.3 is 15.0 Å². The molecule has 1 saturated heterocycles. The lowest BCUT2D eigenvalue weighted by Gasteiger charge is -2.37. The van der Waals surface area contributed by atoms with Crippen molar-refractivity contribution in [3.63, 3.8) is 0 Å². The Bertz CT molecular complexity index is 482. The van der Waals surface area contributed by atoms with Gasteiger partial charge >= 0.3 is 6.09 Å². The zero-order valence-corrected chi connectivity index (χ0v) is 14.4. The number of halogens is 1. The summed E-state index contributed by atoms with van der Waals surface area (Å²) in [6.45, 7) is 8.01. The molecule has 0 spiro atoms. The third kappa shape index (κ3) is 5.00. The molecule has 5 heteroatoms. The van der Waals surface area contributed by atoms with Gasteiger partial charge in [-0.05, 0) is 44.9 Å². The topological polar surface area (TPSA) is 41.6 Å². The minimum atomic E-state index is -0.454. The van der Waals surface area contributed by atoms with Gasteiger partial charge in [-0.15, -0.1) is 0 Å². The Balaban J connectivity index is 2.04. The molecule has 4 nitrogen and oxygen atoms in total. The van der Waals surface area contributed by atoms with E-state index in [0.29, 0.717) is 6.54 Å². The first-order valence-corrected chi connectivity index (χ1v) is 8.09. The van der Waals surface area contributed by atoms with Gasteiger partial charge in [-0.3, -0.25) is 0 Å². The summed E-state index contributed by atoms with van der Waals surface area (Å²) < 4.78 is 6.58. The van der Waals surface area contributed by atoms with E-state index in [2.05, 4.69) is 33.4 Å². The fourth-order valence-electron chi connectivity index (χ4n) is 2.40. The Morgan fingerprint density at radius 1 is 1.38 bits per heavy atom. The van der Waals surface area contributed by atoms with Crippen molar-refractivity contribution < 1.29 is 9.53 Å². The van der Waals surface area contributed by atoms with Crippen molar-refractivity contribution in [3.05, 3.63) is 34.3 Å². The van der Waals surface area contributed by atoms with Gasteiger partial charge in [0, 0.05) is 24.1 Å². The Kier molecular flexibility index (Phi) is 5.27. The van der Waals surface area contributed by atoms with E-state index in [-0.39, 0.29) is 12.1 Å². The molecule has 21 heavy (non-hydrogen) atoms. The first-order chi connectivity index (χ1) is 9.85. The van der Waals surface area contributed by atoms with Crippen molar-refractivity contribution in [2.75, 3.05) is 19.6 Å². The summed E-state index contributed by atoms with van der Waals surface area (Å²) in [5.41, 5.74) is 0.768. The van der Waals surface area contributed by atoms with Crippen LogP contribution in [0.25, 0.3) is 0 Å². The summed E-state index contributed by atoms with van der Waals surface area (Å²) in [5, 5.41) is 3.36. The number of nitrogens with zero attached hydrogens (tertiary/aromatic N) is 1. The molecule has 116 valence electrons. The minimum absolute atomic E-state index is 0.134. The van der Waals surface area contributed by atoms with Crippen molar-refractivity contribution in [2.45, 2.75) is 38.8 Å². The molecular weight excluding hydrogens is 332 g/mol. The number of amides is 1. The SMILES string of the molecule is CC(C)(C)OC(=O)N1CCNCC1Cc1ccc(Br)cc1. The molecule has 1 unspecified atom stereocenters. The maximum Gasteiger partial charge on any atom is 0.410 e. The molecule has 0 saturated carbocycles. The van der Waals surface area contributed by atoms with E-state index in [1.54, 1.807) is 0 Å². The van der Waals surface area contributed by atoms with Gasteiger partial charge in [0.15, 0.2) is 0 Å². The molecule has 1 amide bonds. The van der Waals surface area contributed by atoms with Crippen LogP contribution in [0.3, 0.4) is 0 Å². The first kappa shape index (κ1) is 16.3. The van der Waals surface area contributed by atoms with Crippen LogP contribution in [-0.4, -0.2) is 42.3 Å². The number of carbonyl (C=O) groups is 1. The van der Waals surface area contributed by atoms with Gasteiger partial charge in [-0.1, -0.05) is 28.1 Å². The summed E-state index contributed by atoms with van der Waals surface area (Å²) >= 11 is 3.44. The van der Waals surface area contributed by atoms with E-state index in [1.807, 2.05) is 37.8 Å². The van der Waals surface area contributed by atoms with Crippen LogP contribution < -0.4 is 5.32 Å². The third-order valence-corrected chi connectivity index (χ3v) is 3.89. The van der Waals surface area contributed by atoms with Crippen LogP contribution in [-0.2, 0) is 11.2 Å². The molecule has 0 aromatic heterocycles. The van der Waals surface area contributed by atoms with Gasteiger partial charge in [0.2, 0.25) is 0 Å². The largest absolute Gasteiger partial charge is 0.444 e.